The highest BCUT2D eigenvalue weighted by molar-refractivity contribution is 6.31. The van der Waals surface area contributed by atoms with Gasteiger partial charge < -0.3 is 0 Å². The first-order chi connectivity index (χ1) is 10.1. The molecule has 1 aliphatic carbocycles. The fourth-order valence-electron chi connectivity index (χ4n) is 3.01. The van der Waals surface area contributed by atoms with Crippen molar-refractivity contribution in [1.29, 1.82) is 0 Å². The highest BCUT2D eigenvalue weighted by Gasteiger charge is 2.18. The van der Waals surface area contributed by atoms with E-state index in [0.717, 1.165) is 11.3 Å². The summed E-state index contributed by atoms with van der Waals surface area (Å²) in [5.41, 5.74) is 2.50. The molecule has 110 valence electrons. The molecule has 0 bridgehead atoms. The number of aryl methyl sites for hydroxylation is 1. The van der Waals surface area contributed by atoms with Crippen LogP contribution in [0.3, 0.4) is 0 Å². The van der Waals surface area contributed by atoms with Gasteiger partial charge in [0.15, 0.2) is 5.78 Å². The Morgan fingerprint density at radius 3 is 2.81 bits per heavy atom. The zero-order valence-corrected chi connectivity index (χ0v) is 12.9. The Balaban J connectivity index is 1.72. The van der Waals surface area contributed by atoms with Crippen molar-refractivity contribution < 1.29 is 4.79 Å². The van der Waals surface area contributed by atoms with Crippen LogP contribution in [-0.4, -0.2) is 15.6 Å². The fraction of sp³-hybridized carbons (Fsp3) is 0.412. The number of benzene rings is 1. The molecule has 3 rings (SSSR count). The van der Waals surface area contributed by atoms with Gasteiger partial charge in [0.25, 0.3) is 0 Å². The van der Waals surface area contributed by atoms with Crippen molar-refractivity contribution in [2.45, 2.75) is 45.1 Å². The summed E-state index contributed by atoms with van der Waals surface area (Å²) in [6, 6.07) is 7.93. The molecule has 0 amide bonds. The second kappa shape index (κ2) is 6.02. The van der Waals surface area contributed by atoms with Gasteiger partial charge in [-0.15, -0.1) is 0 Å². The molecule has 0 unspecified atom stereocenters. The van der Waals surface area contributed by atoms with E-state index in [0.29, 0.717) is 23.0 Å². The van der Waals surface area contributed by atoms with Gasteiger partial charge >= 0.3 is 0 Å². The Hall–Kier alpha value is -1.61. The predicted molar refractivity (Wildman–Crippen MR) is 84.0 cm³/mol. The molecule has 1 fully saturated rings. The number of aromatic nitrogens is 2. The van der Waals surface area contributed by atoms with Crippen LogP contribution in [0, 0.1) is 6.92 Å². The summed E-state index contributed by atoms with van der Waals surface area (Å²) in [7, 11) is 0. The summed E-state index contributed by atoms with van der Waals surface area (Å²) in [4.78, 5) is 12.3. The van der Waals surface area contributed by atoms with Crippen LogP contribution in [0.5, 0.6) is 0 Å². The molecule has 1 heterocycles. The minimum Gasteiger partial charge on any atom is -0.294 e. The standard InChI is InChI=1S/C17H19ClN2O/c1-12-8-13(10-14(18)9-12)17(21)11-15-6-7-20(19-15)16-4-2-3-5-16/h6-10,16H,2-5,11H2,1H3. The average molecular weight is 303 g/mol. The first kappa shape index (κ1) is 14.3. The molecular weight excluding hydrogens is 284 g/mol. The summed E-state index contributed by atoms with van der Waals surface area (Å²) in [6.45, 7) is 1.94. The molecule has 2 aromatic rings. The van der Waals surface area contributed by atoms with E-state index in [1.165, 1.54) is 25.7 Å². The lowest BCUT2D eigenvalue weighted by atomic mass is 10.0. The zero-order valence-electron chi connectivity index (χ0n) is 12.2. The monoisotopic (exact) mass is 302 g/mol. The summed E-state index contributed by atoms with van der Waals surface area (Å²) in [6.07, 6.45) is 7.29. The van der Waals surface area contributed by atoms with Crippen LogP contribution < -0.4 is 0 Å². The summed E-state index contributed by atoms with van der Waals surface area (Å²) >= 11 is 6.02. The van der Waals surface area contributed by atoms with E-state index in [-0.39, 0.29) is 5.78 Å². The topological polar surface area (TPSA) is 34.9 Å². The van der Waals surface area contributed by atoms with Gasteiger partial charge in [0.2, 0.25) is 0 Å². The summed E-state index contributed by atoms with van der Waals surface area (Å²) in [5.74, 6) is 0.0669. The van der Waals surface area contributed by atoms with Gasteiger partial charge in [-0.25, -0.2) is 0 Å². The normalized spacial score (nSPS) is 15.5. The van der Waals surface area contributed by atoms with Crippen LogP contribution in [0.1, 0.15) is 53.3 Å². The van der Waals surface area contributed by atoms with Gasteiger partial charge in [-0.3, -0.25) is 9.48 Å². The molecule has 3 nitrogen and oxygen atoms in total. The molecule has 0 radical (unpaired) electrons. The number of carbonyl (C=O) groups excluding carboxylic acids is 1. The Labute approximate surface area is 129 Å². The lowest BCUT2D eigenvalue weighted by molar-refractivity contribution is 0.0991. The van der Waals surface area contributed by atoms with E-state index in [9.17, 15) is 4.79 Å². The minimum absolute atomic E-state index is 0.0669. The van der Waals surface area contributed by atoms with Crippen LogP contribution in [0.25, 0.3) is 0 Å². The van der Waals surface area contributed by atoms with Crippen LogP contribution >= 0.6 is 11.6 Å². The van der Waals surface area contributed by atoms with Crippen molar-refractivity contribution in [1.82, 2.24) is 9.78 Å². The lowest BCUT2D eigenvalue weighted by Crippen LogP contribution is -2.08. The molecule has 1 aliphatic rings. The molecule has 0 N–H and O–H groups in total. The number of ketones is 1. The molecule has 0 spiro atoms. The maximum absolute atomic E-state index is 12.3. The largest absolute Gasteiger partial charge is 0.294 e. The predicted octanol–water partition coefficient (Wildman–Crippen LogP) is 4.39. The van der Waals surface area contributed by atoms with E-state index >= 15 is 0 Å². The van der Waals surface area contributed by atoms with Gasteiger partial charge in [-0.1, -0.05) is 24.4 Å². The van der Waals surface area contributed by atoms with Crippen molar-refractivity contribution >= 4 is 17.4 Å². The Morgan fingerprint density at radius 1 is 1.33 bits per heavy atom. The van der Waals surface area contributed by atoms with Crippen LogP contribution in [0.15, 0.2) is 30.5 Å². The highest BCUT2D eigenvalue weighted by atomic mass is 35.5. The molecule has 1 saturated carbocycles. The molecule has 21 heavy (non-hydrogen) atoms. The van der Waals surface area contributed by atoms with Crippen LogP contribution in [0.4, 0.5) is 0 Å². The smallest absolute Gasteiger partial charge is 0.168 e. The second-order valence-electron chi connectivity index (χ2n) is 5.84. The lowest BCUT2D eigenvalue weighted by Gasteiger charge is -2.08. The quantitative estimate of drug-likeness (QED) is 0.785. The van der Waals surface area contributed by atoms with E-state index in [4.69, 9.17) is 11.6 Å². The molecule has 4 heteroatoms. The third kappa shape index (κ3) is 3.35. The van der Waals surface area contributed by atoms with Crippen molar-refractivity contribution in [3.63, 3.8) is 0 Å². The van der Waals surface area contributed by atoms with Gasteiger partial charge in [0.1, 0.15) is 0 Å². The SMILES string of the molecule is Cc1cc(Cl)cc(C(=O)Cc2ccn(C3CCCC3)n2)c1. The highest BCUT2D eigenvalue weighted by Crippen LogP contribution is 2.28. The third-order valence-corrected chi connectivity index (χ3v) is 4.29. The second-order valence-corrected chi connectivity index (χ2v) is 6.28. The van der Waals surface area contributed by atoms with Gasteiger partial charge in [-0.05, 0) is 49.6 Å². The maximum Gasteiger partial charge on any atom is 0.168 e. The fourth-order valence-corrected chi connectivity index (χ4v) is 3.30. The molecule has 1 aromatic carbocycles. The number of hydrogen-bond acceptors (Lipinski definition) is 2. The molecule has 0 aliphatic heterocycles. The maximum atomic E-state index is 12.3. The number of nitrogens with zero attached hydrogens (tertiary/aromatic N) is 2. The Kier molecular flexibility index (Phi) is 4.11. The summed E-state index contributed by atoms with van der Waals surface area (Å²) in [5, 5.41) is 5.17. The third-order valence-electron chi connectivity index (χ3n) is 4.07. The van der Waals surface area contributed by atoms with E-state index in [1.807, 2.05) is 36.0 Å². The summed E-state index contributed by atoms with van der Waals surface area (Å²) < 4.78 is 2.03. The zero-order chi connectivity index (χ0) is 14.8. The van der Waals surface area contributed by atoms with E-state index in [2.05, 4.69) is 5.10 Å². The van der Waals surface area contributed by atoms with E-state index in [1.54, 1.807) is 6.07 Å². The number of rotatable bonds is 4. The van der Waals surface area contributed by atoms with E-state index < -0.39 is 0 Å². The first-order valence-corrected chi connectivity index (χ1v) is 7.84. The van der Waals surface area contributed by atoms with Gasteiger partial charge in [-0.2, -0.15) is 5.10 Å². The van der Waals surface area contributed by atoms with Gasteiger partial charge in [0.05, 0.1) is 18.2 Å². The first-order valence-electron chi connectivity index (χ1n) is 7.46. The number of halogens is 1. The molecular formula is C17H19ClN2O. The van der Waals surface area contributed by atoms with Crippen molar-refractivity contribution in [2.24, 2.45) is 0 Å². The number of Topliss-reactive ketones (excluding diaryl/α,β-unsaturated/α-hetero) is 1. The van der Waals surface area contributed by atoms with Crippen molar-refractivity contribution in [3.8, 4) is 0 Å². The molecule has 0 saturated heterocycles. The number of hydrogen-bond donors (Lipinski definition) is 0. The number of carbonyl (C=O) groups is 1. The minimum atomic E-state index is 0.0669. The Morgan fingerprint density at radius 2 is 2.10 bits per heavy atom. The van der Waals surface area contributed by atoms with Crippen molar-refractivity contribution in [3.05, 3.63) is 52.3 Å². The van der Waals surface area contributed by atoms with Crippen LogP contribution in [-0.2, 0) is 6.42 Å². The molecule has 1 aromatic heterocycles. The average Bonchev–Trinajstić information content (AvgIpc) is 3.07. The van der Waals surface area contributed by atoms with Crippen LogP contribution in [0.2, 0.25) is 5.02 Å². The van der Waals surface area contributed by atoms with Gasteiger partial charge in [0, 0.05) is 16.8 Å². The Bertz CT molecular complexity index is 636. The molecule has 0 atom stereocenters. The van der Waals surface area contributed by atoms with Crippen molar-refractivity contribution in [2.75, 3.05) is 0 Å².